The molecule has 0 aromatic heterocycles. The van der Waals surface area contributed by atoms with Crippen LogP contribution < -0.4 is 11.1 Å². The van der Waals surface area contributed by atoms with Crippen LogP contribution in [0.1, 0.15) is 25.7 Å². The van der Waals surface area contributed by atoms with Gasteiger partial charge in [-0.05, 0) is 25.2 Å². The quantitative estimate of drug-likeness (QED) is 0.513. The van der Waals surface area contributed by atoms with Crippen LogP contribution in [0, 0.1) is 5.92 Å². The van der Waals surface area contributed by atoms with Gasteiger partial charge in [-0.3, -0.25) is 9.59 Å². The summed E-state index contributed by atoms with van der Waals surface area (Å²) in [6, 6.07) is -0.403. The van der Waals surface area contributed by atoms with Gasteiger partial charge in [-0.25, -0.2) is 0 Å². The zero-order valence-electron chi connectivity index (χ0n) is 8.03. The summed E-state index contributed by atoms with van der Waals surface area (Å²) < 4.78 is 0. The van der Waals surface area contributed by atoms with Crippen molar-refractivity contribution in [1.29, 1.82) is 0 Å². The van der Waals surface area contributed by atoms with Gasteiger partial charge in [-0.1, -0.05) is 0 Å². The normalized spacial score (nSPS) is 17.5. The third-order valence-electron chi connectivity index (χ3n) is 2.30. The molecule has 1 unspecified atom stereocenters. The monoisotopic (exact) mass is 200 g/mol. The number of carbonyl (C=O) groups excluding carboxylic acids is 1. The Morgan fingerprint density at radius 2 is 2.14 bits per heavy atom. The number of hydrogen-bond acceptors (Lipinski definition) is 3. The minimum absolute atomic E-state index is 0.0823. The summed E-state index contributed by atoms with van der Waals surface area (Å²) in [5.74, 6) is -0.655. The number of carbonyl (C=O) groups is 2. The van der Waals surface area contributed by atoms with Gasteiger partial charge in [0.1, 0.15) is 0 Å². The lowest BCUT2D eigenvalue weighted by molar-refractivity contribution is -0.137. The number of hydrogen-bond donors (Lipinski definition) is 3. The Hall–Kier alpha value is -1.10. The van der Waals surface area contributed by atoms with Crippen LogP contribution in [-0.4, -0.2) is 29.6 Å². The van der Waals surface area contributed by atoms with E-state index in [0.29, 0.717) is 18.9 Å². The maximum absolute atomic E-state index is 11.3. The first-order valence-corrected chi connectivity index (χ1v) is 4.86. The van der Waals surface area contributed by atoms with Crippen molar-refractivity contribution in [2.45, 2.75) is 31.7 Å². The van der Waals surface area contributed by atoms with Gasteiger partial charge >= 0.3 is 5.97 Å². The third-order valence-corrected chi connectivity index (χ3v) is 2.30. The van der Waals surface area contributed by atoms with E-state index in [0.717, 1.165) is 12.8 Å². The Labute approximate surface area is 82.7 Å². The molecule has 14 heavy (non-hydrogen) atoms. The van der Waals surface area contributed by atoms with Crippen molar-refractivity contribution in [2.75, 3.05) is 6.54 Å². The molecule has 1 amide bonds. The first kappa shape index (κ1) is 11.0. The lowest BCUT2D eigenvalue weighted by Gasteiger charge is -2.10. The third kappa shape index (κ3) is 3.74. The van der Waals surface area contributed by atoms with Crippen LogP contribution in [-0.2, 0) is 9.59 Å². The van der Waals surface area contributed by atoms with Gasteiger partial charge < -0.3 is 16.2 Å². The van der Waals surface area contributed by atoms with Crippen LogP contribution in [0.5, 0.6) is 0 Å². The molecule has 1 atom stereocenters. The molecular formula is C9H16N2O3. The van der Waals surface area contributed by atoms with Crippen LogP contribution in [0.25, 0.3) is 0 Å². The minimum Gasteiger partial charge on any atom is -0.481 e. The van der Waals surface area contributed by atoms with Crippen molar-refractivity contribution >= 4 is 11.9 Å². The summed E-state index contributed by atoms with van der Waals surface area (Å²) in [5.41, 5.74) is 5.64. The molecular weight excluding hydrogens is 184 g/mol. The molecule has 1 fully saturated rings. The van der Waals surface area contributed by atoms with Crippen LogP contribution in [0.3, 0.4) is 0 Å². The maximum atomic E-state index is 11.3. The Morgan fingerprint density at radius 3 is 2.64 bits per heavy atom. The SMILES string of the molecule is NC(C(=O)NCCCC(=O)O)C1CC1. The first-order chi connectivity index (χ1) is 6.61. The molecule has 1 saturated carbocycles. The van der Waals surface area contributed by atoms with Crippen LogP contribution in [0.4, 0.5) is 0 Å². The maximum Gasteiger partial charge on any atom is 0.303 e. The number of carboxylic acids is 1. The van der Waals surface area contributed by atoms with E-state index in [2.05, 4.69) is 5.32 Å². The highest BCUT2D eigenvalue weighted by Crippen LogP contribution is 2.31. The van der Waals surface area contributed by atoms with Crippen molar-refractivity contribution in [3.8, 4) is 0 Å². The second-order valence-electron chi connectivity index (χ2n) is 3.65. The van der Waals surface area contributed by atoms with E-state index in [4.69, 9.17) is 10.8 Å². The highest BCUT2D eigenvalue weighted by molar-refractivity contribution is 5.82. The highest BCUT2D eigenvalue weighted by Gasteiger charge is 2.32. The molecule has 1 aliphatic rings. The number of rotatable bonds is 6. The molecule has 0 spiro atoms. The van der Waals surface area contributed by atoms with E-state index < -0.39 is 12.0 Å². The fourth-order valence-corrected chi connectivity index (χ4v) is 1.24. The number of nitrogens with two attached hydrogens (primary N) is 1. The topological polar surface area (TPSA) is 92.4 Å². The Bertz CT molecular complexity index is 226. The number of carboxylic acid groups (broad SMARTS) is 1. The second kappa shape index (κ2) is 4.95. The van der Waals surface area contributed by atoms with Gasteiger partial charge in [0, 0.05) is 13.0 Å². The summed E-state index contributed by atoms with van der Waals surface area (Å²) in [6.45, 7) is 0.394. The van der Waals surface area contributed by atoms with Gasteiger partial charge in [0.05, 0.1) is 6.04 Å². The summed E-state index contributed by atoms with van der Waals surface area (Å²) >= 11 is 0. The number of amides is 1. The predicted octanol–water partition coefficient (Wildman–Crippen LogP) is -0.295. The zero-order chi connectivity index (χ0) is 10.6. The van der Waals surface area contributed by atoms with Crippen molar-refractivity contribution < 1.29 is 14.7 Å². The summed E-state index contributed by atoms with van der Waals surface area (Å²) in [7, 11) is 0. The lowest BCUT2D eigenvalue weighted by atomic mass is 10.2. The molecule has 1 rings (SSSR count). The van der Waals surface area contributed by atoms with Gasteiger partial charge in [0.15, 0.2) is 0 Å². The molecule has 1 aliphatic carbocycles. The van der Waals surface area contributed by atoms with Crippen LogP contribution in [0.15, 0.2) is 0 Å². The van der Waals surface area contributed by atoms with Gasteiger partial charge in [0.2, 0.25) is 5.91 Å². The number of nitrogens with one attached hydrogen (secondary N) is 1. The van der Waals surface area contributed by atoms with Gasteiger partial charge in [-0.2, -0.15) is 0 Å². The first-order valence-electron chi connectivity index (χ1n) is 4.86. The van der Waals surface area contributed by atoms with Gasteiger partial charge in [-0.15, -0.1) is 0 Å². The van der Waals surface area contributed by atoms with Crippen molar-refractivity contribution in [2.24, 2.45) is 11.7 Å². The molecule has 0 aliphatic heterocycles. The fraction of sp³-hybridized carbons (Fsp3) is 0.778. The Morgan fingerprint density at radius 1 is 1.50 bits per heavy atom. The van der Waals surface area contributed by atoms with Crippen molar-refractivity contribution in [1.82, 2.24) is 5.32 Å². The van der Waals surface area contributed by atoms with E-state index in [9.17, 15) is 9.59 Å². The van der Waals surface area contributed by atoms with Crippen molar-refractivity contribution in [3.63, 3.8) is 0 Å². The van der Waals surface area contributed by atoms with Crippen LogP contribution >= 0.6 is 0 Å². The molecule has 0 bridgehead atoms. The summed E-state index contributed by atoms with van der Waals surface area (Å²) in [4.78, 5) is 21.4. The predicted molar refractivity (Wildman–Crippen MR) is 50.6 cm³/mol. The Balaban J connectivity index is 2.05. The molecule has 0 aromatic rings. The molecule has 5 heteroatoms. The standard InChI is InChI=1S/C9H16N2O3/c10-8(6-3-4-6)9(14)11-5-1-2-7(12)13/h6,8H,1-5,10H2,(H,11,14)(H,12,13). The molecule has 4 N–H and O–H groups in total. The number of aliphatic carboxylic acids is 1. The second-order valence-corrected chi connectivity index (χ2v) is 3.65. The zero-order valence-corrected chi connectivity index (χ0v) is 8.03. The van der Waals surface area contributed by atoms with E-state index in [-0.39, 0.29) is 12.3 Å². The molecule has 5 nitrogen and oxygen atoms in total. The van der Waals surface area contributed by atoms with E-state index in [1.54, 1.807) is 0 Å². The molecule has 0 saturated heterocycles. The highest BCUT2D eigenvalue weighted by atomic mass is 16.4. The van der Waals surface area contributed by atoms with Crippen LogP contribution in [0.2, 0.25) is 0 Å². The minimum atomic E-state index is -0.842. The van der Waals surface area contributed by atoms with Crippen molar-refractivity contribution in [3.05, 3.63) is 0 Å². The van der Waals surface area contributed by atoms with E-state index in [1.165, 1.54) is 0 Å². The average molecular weight is 200 g/mol. The largest absolute Gasteiger partial charge is 0.481 e. The smallest absolute Gasteiger partial charge is 0.303 e. The summed E-state index contributed by atoms with van der Waals surface area (Å²) in [6.07, 6.45) is 2.60. The van der Waals surface area contributed by atoms with Gasteiger partial charge in [0.25, 0.3) is 0 Å². The molecule has 80 valence electrons. The van der Waals surface area contributed by atoms with E-state index in [1.807, 2.05) is 0 Å². The van der Waals surface area contributed by atoms with E-state index >= 15 is 0 Å². The summed E-state index contributed by atoms with van der Waals surface area (Å²) in [5, 5.41) is 11.0. The lowest BCUT2D eigenvalue weighted by Crippen LogP contribution is -2.42. The average Bonchev–Trinajstić information content (AvgIpc) is 2.93. The fourth-order valence-electron chi connectivity index (χ4n) is 1.24. The Kier molecular flexibility index (Phi) is 3.88. The molecule has 0 radical (unpaired) electrons. The molecule has 0 aromatic carbocycles. The molecule has 0 heterocycles.